The van der Waals surface area contributed by atoms with Gasteiger partial charge in [-0.3, -0.25) is 4.79 Å². The van der Waals surface area contributed by atoms with Gasteiger partial charge in [0.25, 0.3) is 0 Å². The molecule has 1 aromatic rings. The van der Waals surface area contributed by atoms with Gasteiger partial charge in [-0.1, -0.05) is 24.3 Å². The van der Waals surface area contributed by atoms with Crippen molar-refractivity contribution < 1.29 is 9.53 Å². The molecular formula is C14H16O2. The van der Waals surface area contributed by atoms with Crippen molar-refractivity contribution in [1.29, 1.82) is 0 Å². The maximum Gasteiger partial charge on any atom is 0.309 e. The second kappa shape index (κ2) is 3.62. The third-order valence-corrected chi connectivity index (χ3v) is 3.92. The fourth-order valence-corrected chi connectivity index (χ4v) is 3.05. The van der Waals surface area contributed by atoms with Crippen LogP contribution in [0.5, 0.6) is 0 Å². The molecule has 0 heterocycles. The molecule has 0 N–H and O–H groups in total. The third kappa shape index (κ3) is 1.44. The fraction of sp³-hybridized carbons (Fsp3) is 0.500. The van der Waals surface area contributed by atoms with Gasteiger partial charge < -0.3 is 4.74 Å². The van der Waals surface area contributed by atoms with E-state index in [9.17, 15) is 4.79 Å². The molecular weight excluding hydrogens is 200 g/mol. The lowest BCUT2D eigenvalue weighted by Gasteiger charge is -2.13. The molecule has 2 nitrogen and oxygen atoms in total. The van der Waals surface area contributed by atoms with E-state index in [-0.39, 0.29) is 11.9 Å². The number of carbonyl (C=O) groups is 1. The number of fused-ring (bicyclic) bond motifs is 2. The van der Waals surface area contributed by atoms with Gasteiger partial charge in [-0.15, -0.1) is 0 Å². The van der Waals surface area contributed by atoms with Gasteiger partial charge in [-0.2, -0.15) is 0 Å². The van der Waals surface area contributed by atoms with Crippen LogP contribution in [0, 0.1) is 17.8 Å². The maximum absolute atomic E-state index is 11.7. The second-order valence-corrected chi connectivity index (χ2v) is 4.78. The number of carbonyl (C=O) groups excluding carboxylic acids is 1. The van der Waals surface area contributed by atoms with Gasteiger partial charge >= 0.3 is 5.97 Å². The van der Waals surface area contributed by atoms with Crippen LogP contribution >= 0.6 is 0 Å². The van der Waals surface area contributed by atoms with Gasteiger partial charge in [0.2, 0.25) is 0 Å². The molecule has 1 saturated carbocycles. The molecule has 3 rings (SSSR count). The van der Waals surface area contributed by atoms with Gasteiger partial charge in [-0.05, 0) is 42.7 Å². The molecule has 2 aliphatic carbocycles. The van der Waals surface area contributed by atoms with Gasteiger partial charge in [0.05, 0.1) is 12.5 Å². The lowest BCUT2D eigenvalue weighted by molar-refractivity contribution is -0.145. The van der Waals surface area contributed by atoms with Crippen LogP contribution < -0.4 is 0 Å². The summed E-state index contributed by atoms with van der Waals surface area (Å²) in [5.74, 6) is 1.29. The molecule has 0 aromatic heterocycles. The van der Waals surface area contributed by atoms with Crippen molar-refractivity contribution in [3.8, 4) is 0 Å². The highest BCUT2D eigenvalue weighted by Crippen LogP contribution is 2.54. The monoisotopic (exact) mass is 216 g/mol. The molecule has 2 aliphatic rings. The Morgan fingerprint density at radius 2 is 1.81 bits per heavy atom. The average Bonchev–Trinajstić information content (AvgIpc) is 2.99. The zero-order chi connectivity index (χ0) is 11.1. The molecule has 0 spiro atoms. The van der Waals surface area contributed by atoms with E-state index >= 15 is 0 Å². The predicted molar refractivity (Wildman–Crippen MR) is 61.0 cm³/mol. The van der Waals surface area contributed by atoms with Crippen LogP contribution in [0.25, 0.3) is 0 Å². The minimum atomic E-state index is 0.0188. The maximum atomic E-state index is 11.7. The van der Waals surface area contributed by atoms with Crippen molar-refractivity contribution in [3.63, 3.8) is 0 Å². The first-order chi connectivity index (χ1) is 7.81. The molecule has 3 atom stereocenters. The van der Waals surface area contributed by atoms with Gasteiger partial charge in [-0.25, -0.2) is 0 Å². The normalized spacial score (nSPS) is 30.2. The minimum absolute atomic E-state index is 0.0188. The highest BCUT2D eigenvalue weighted by Gasteiger charge is 2.56. The van der Waals surface area contributed by atoms with E-state index in [4.69, 9.17) is 4.74 Å². The summed E-state index contributed by atoms with van der Waals surface area (Å²) >= 11 is 0. The Bertz CT molecular complexity index is 393. The molecule has 2 heteroatoms. The zero-order valence-corrected chi connectivity index (χ0v) is 9.48. The number of benzene rings is 1. The predicted octanol–water partition coefficient (Wildman–Crippen LogP) is 2.21. The Morgan fingerprint density at radius 3 is 2.31 bits per heavy atom. The summed E-state index contributed by atoms with van der Waals surface area (Å²) in [5, 5.41) is 0. The minimum Gasteiger partial charge on any atom is -0.466 e. The van der Waals surface area contributed by atoms with Gasteiger partial charge in [0.15, 0.2) is 0 Å². The summed E-state index contributed by atoms with van der Waals surface area (Å²) in [6.45, 7) is 2.38. The lowest BCUT2D eigenvalue weighted by atomic mass is 9.92. The van der Waals surface area contributed by atoms with E-state index in [0.29, 0.717) is 18.4 Å². The van der Waals surface area contributed by atoms with Crippen LogP contribution in [0.4, 0.5) is 0 Å². The van der Waals surface area contributed by atoms with Crippen molar-refractivity contribution in [2.24, 2.45) is 17.8 Å². The number of hydrogen-bond acceptors (Lipinski definition) is 2. The molecule has 1 unspecified atom stereocenters. The number of ether oxygens (including phenoxy) is 1. The summed E-state index contributed by atoms with van der Waals surface area (Å²) in [6, 6.07) is 8.54. The van der Waals surface area contributed by atoms with E-state index in [1.807, 2.05) is 6.92 Å². The van der Waals surface area contributed by atoms with E-state index in [2.05, 4.69) is 24.3 Å². The van der Waals surface area contributed by atoms with Crippen molar-refractivity contribution in [1.82, 2.24) is 0 Å². The van der Waals surface area contributed by atoms with E-state index < -0.39 is 0 Å². The summed E-state index contributed by atoms with van der Waals surface area (Å²) in [6.07, 6.45) is 2.12. The smallest absolute Gasteiger partial charge is 0.309 e. The van der Waals surface area contributed by atoms with Crippen LogP contribution in [-0.2, 0) is 22.4 Å². The molecule has 16 heavy (non-hydrogen) atoms. The standard InChI is InChI=1S/C14H16O2/c1-2-16-14(15)13-11-7-9-5-3-4-6-10(9)8-12(11)13/h3-6,11-13H,2,7-8H2,1H3/t11-,12+,13?. The van der Waals surface area contributed by atoms with Gasteiger partial charge in [0.1, 0.15) is 0 Å². The molecule has 0 amide bonds. The Balaban J connectivity index is 1.75. The lowest BCUT2D eigenvalue weighted by Crippen LogP contribution is -2.08. The van der Waals surface area contributed by atoms with Crippen molar-refractivity contribution in [2.45, 2.75) is 19.8 Å². The fourth-order valence-electron chi connectivity index (χ4n) is 3.05. The second-order valence-electron chi connectivity index (χ2n) is 4.78. The quantitative estimate of drug-likeness (QED) is 0.708. The van der Waals surface area contributed by atoms with Crippen LogP contribution in [-0.4, -0.2) is 12.6 Å². The first-order valence-electron chi connectivity index (χ1n) is 6.04. The summed E-state index contributed by atoms with van der Waals surface area (Å²) in [4.78, 5) is 11.7. The van der Waals surface area contributed by atoms with Crippen LogP contribution in [0.3, 0.4) is 0 Å². The Hall–Kier alpha value is -1.31. The average molecular weight is 216 g/mol. The van der Waals surface area contributed by atoms with E-state index in [1.165, 1.54) is 11.1 Å². The highest BCUT2D eigenvalue weighted by atomic mass is 16.5. The summed E-state index contributed by atoms with van der Waals surface area (Å²) in [7, 11) is 0. The Morgan fingerprint density at radius 1 is 1.25 bits per heavy atom. The molecule has 0 radical (unpaired) electrons. The molecule has 0 aliphatic heterocycles. The Kier molecular flexibility index (Phi) is 2.23. The van der Waals surface area contributed by atoms with Crippen molar-refractivity contribution >= 4 is 5.97 Å². The summed E-state index contributed by atoms with van der Waals surface area (Å²) < 4.78 is 5.12. The first-order valence-corrected chi connectivity index (χ1v) is 6.04. The van der Waals surface area contributed by atoms with Crippen LogP contribution in [0.1, 0.15) is 18.1 Å². The molecule has 1 fully saturated rings. The third-order valence-electron chi connectivity index (χ3n) is 3.92. The van der Waals surface area contributed by atoms with Crippen LogP contribution in [0.15, 0.2) is 24.3 Å². The molecule has 0 saturated heterocycles. The van der Waals surface area contributed by atoms with Crippen molar-refractivity contribution in [3.05, 3.63) is 35.4 Å². The molecule has 0 bridgehead atoms. The largest absolute Gasteiger partial charge is 0.466 e. The molecule has 1 aromatic carbocycles. The first kappa shape index (κ1) is 9.88. The van der Waals surface area contributed by atoms with E-state index in [0.717, 1.165) is 12.8 Å². The number of hydrogen-bond donors (Lipinski definition) is 0. The number of esters is 1. The van der Waals surface area contributed by atoms with E-state index in [1.54, 1.807) is 0 Å². The molecule has 84 valence electrons. The SMILES string of the molecule is CCOC(=O)C1[C@H]2Cc3ccccc3C[C@@H]12. The highest BCUT2D eigenvalue weighted by molar-refractivity contribution is 5.77. The summed E-state index contributed by atoms with van der Waals surface area (Å²) in [5.41, 5.74) is 2.85. The number of rotatable bonds is 2. The van der Waals surface area contributed by atoms with Crippen LogP contribution in [0.2, 0.25) is 0 Å². The van der Waals surface area contributed by atoms with Crippen molar-refractivity contribution in [2.75, 3.05) is 6.61 Å². The van der Waals surface area contributed by atoms with Gasteiger partial charge in [0, 0.05) is 0 Å². The zero-order valence-electron chi connectivity index (χ0n) is 9.48. The topological polar surface area (TPSA) is 26.3 Å². The Labute approximate surface area is 95.6 Å².